The normalized spacial score (nSPS) is 13.0. The van der Waals surface area contributed by atoms with Crippen LogP contribution in [0, 0.1) is 13.8 Å². The average molecular weight is 1130 g/mol. The number of nitrogens with zero attached hydrogens (tertiary/aromatic N) is 4. The van der Waals surface area contributed by atoms with Gasteiger partial charge in [0.25, 0.3) is 0 Å². The van der Waals surface area contributed by atoms with E-state index in [-0.39, 0.29) is 0 Å². The van der Waals surface area contributed by atoms with Gasteiger partial charge in [0.1, 0.15) is 8.07 Å². The highest BCUT2D eigenvalue weighted by molar-refractivity contribution is 7.35. The summed E-state index contributed by atoms with van der Waals surface area (Å²) in [6.07, 6.45) is 51.5. The summed E-state index contributed by atoms with van der Waals surface area (Å²) in [5, 5.41) is 4.25. The largest absolute Gasteiger partial charge is 0.249 e. The van der Waals surface area contributed by atoms with E-state index < -0.39 is 8.07 Å². The van der Waals surface area contributed by atoms with Crippen molar-refractivity contribution < 1.29 is 0 Å². The van der Waals surface area contributed by atoms with Gasteiger partial charge >= 0.3 is 0 Å². The van der Waals surface area contributed by atoms with E-state index in [4.69, 9.17) is 19.9 Å². The number of rotatable bonds is 43. The fourth-order valence-corrected chi connectivity index (χ4v) is 23.3. The highest BCUT2D eigenvalue weighted by Crippen LogP contribution is 2.47. The molecule has 79 heavy (non-hydrogen) atoms. The molecule has 0 saturated heterocycles. The zero-order chi connectivity index (χ0) is 55.7. The minimum Gasteiger partial charge on any atom is -0.249 e. The molecule has 0 bridgehead atoms. The molecular formula is C72H112N4S2Si. The third-order valence-corrected chi connectivity index (χ3v) is 26.9. The van der Waals surface area contributed by atoms with Gasteiger partial charge in [-0.25, -0.2) is 19.9 Å². The summed E-state index contributed by atoms with van der Waals surface area (Å²) in [4.78, 5) is 28.1. The Morgan fingerprint density at radius 3 is 1.13 bits per heavy atom. The first-order valence-corrected chi connectivity index (χ1v) is 38.1. The number of thiophene rings is 2. The zero-order valence-corrected chi connectivity index (χ0v) is 54.7. The van der Waals surface area contributed by atoms with Gasteiger partial charge < -0.3 is 0 Å². The van der Waals surface area contributed by atoms with E-state index in [9.17, 15) is 0 Å². The Balaban J connectivity index is 1.42. The molecule has 0 saturated carbocycles. The molecule has 6 aromatic rings. The van der Waals surface area contributed by atoms with Gasteiger partial charge in [-0.05, 0) is 112 Å². The minimum atomic E-state index is -2.04. The van der Waals surface area contributed by atoms with Crippen LogP contribution in [0.25, 0.3) is 53.7 Å². The minimum absolute atomic E-state index is 1.02. The summed E-state index contributed by atoms with van der Waals surface area (Å²) in [5.41, 5.74) is 13.6. The van der Waals surface area contributed by atoms with Crippen molar-refractivity contribution >= 4 is 73.3 Å². The lowest BCUT2D eigenvalue weighted by Crippen LogP contribution is -2.53. The van der Waals surface area contributed by atoms with Crippen LogP contribution < -0.4 is 9.69 Å². The molecule has 2 aromatic carbocycles. The summed E-state index contributed by atoms with van der Waals surface area (Å²) in [5.74, 6) is 0. The van der Waals surface area contributed by atoms with Gasteiger partial charge in [0.15, 0.2) is 0 Å². The van der Waals surface area contributed by atoms with E-state index in [1.54, 1.807) is 20.1 Å². The fourth-order valence-electron chi connectivity index (χ4n) is 13.4. The van der Waals surface area contributed by atoms with Crippen molar-refractivity contribution in [2.45, 2.75) is 324 Å². The number of benzene rings is 2. The van der Waals surface area contributed by atoms with Crippen molar-refractivity contribution in [3.8, 4) is 20.9 Å². The molecule has 0 N–H and O–H groups in total. The summed E-state index contributed by atoms with van der Waals surface area (Å²) in [6, 6.07) is 13.2. The molecule has 0 aliphatic carbocycles. The Kier molecular flexibility index (Phi) is 27.8. The molecule has 1 aliphatic heterocycles. The molecule has 0 unspecified atom stereocenters. The van der Waals surface area contributed by atoms with E-state index >= 15 is 0 Å². The molecule has 0 spiro atoms. The predicted octanol–water partition coefficient (Wildman–Crippen LogP) is 23.0. The van der Waals surface area contributed by atoms with Crippen LogP contribution in [0.2, 0.25) is 12.1 Å². The summed E-state index contributed by atoms with van der Waals surface area (Å²) in [7, 11) is -2.04. The number of unbranched alkanes of at least 4 members (excludes halogenated alkanes) is 30. The van der Waals surface area contributed by atoms with Crippen molar-refractivity contribution in [1.82, 2.24) is 19.9 Å². The van der Waals surface area contributed by atoms with Crippen molar-refractivity contribution in [2.75, 3.05) is 0 Å². The van der Waals surface area contributed by atoms with Crippen LogP contribution in [0.4, 0.5) is 0 Å². The lowest BCUT2D eigenvalue weighted by Gasteiger charge is -2.28. The number of hydrogen-bond donors (Lipinski definition) is 0. The number of hydrogen-bond acceptors (Lipinski definition) is 6. The van der Waals surface area contributed by atoms with Gasteiger partial charge in [-0.2, -0.15) is 0 Å². The maximum atomic E-state index is 6.00. The monoisotopic (exact) mass is 1120 g/mol. The molecule has 7 rings (SSSR count). The quantitative estimate of drug-likeness (QED) is 0.0217. The van der Waals surface area contributed by atoms with E-state index in [1.807, 2.05) is 0 Å². The fraction of sp³-hybridized carbons (Fsp3) is 0.694. The van der Waals surface area contributed by atoms with Crippen LogP contribution >= 0.6 is 22.7 Å². The van der Waals surface area contributed by atoms with Gasteiger partial charge in [0.2, 0.25) is 0 Å². The average Bonchev–Trinajstić information content (AvgIpc) is 3.35. The molecule has 5 heterocycles. The maximum Gasteiger partial charge on any atom is 0.133 e. The van der Waals surface area contributed by atoms with Crippen molar-refractivity contribution in [3.05, 3.63) is 57.5 Å². The topological polar surface area (TPSA) is 51.6 Å². The highest BCUT2D eigenvalue weighted by atomic mass is 32.1. The summed E-state index contributed by atoms with van der Waals surface area (Å²) in [6.45, 7) is 18.7. The van der Waals surface area contributed by atoms with E-state index in [1.165, 1.54) is 298 Å². The molecule has 1 aliphatic rings. The van der Waals surface area contributed by atoms with Gasteiger partial charge in [-0.1, -0.05) is 247 Å². The Bertz CT molecular complexity index is 2710. The molecule has 7 heteroatoms. The molecule has 4 aromatic heterocycles. The smallest absolute Gasteiger partial charge is 0.133 e. The van der Waals surface area contributed by atoms with Gasteiger partial charge in [-0.3, -0.25) is 0 Å². The molecular weight excluding hydrogens is 1010 g/mol. The number of aryl methyl sites for hydroxylation is 6. The molecule has 0 atom stereocenters. The van der Waals surface area contributed by atoms with Crippen molar-refractivity contribution in [2.24, 2.45) is 0 Å². The Morgan fingerprint density at radius 1 is 0.342 bits per heavy atom. The van der Waals surface area contributed by atoms with Crippen LogP contribution in [0.5, 0.6) is 0 Å². The van der Waals surface area contributed by atoms with Crippen LogP contribution in [-0.2, 0) is 25.7 Å². The molecule has 436 valence electrons. The first-order chi connectivity index (χ1) is 38.8. The Morgan fingerprint density at radius 2 is 0.696 bits per heavy atom. The Labute approximate surface area is 492 Å². The van der Waals surface area contributed by atoms with Gasteiger partial charge in [0, 0.05) is 41.0 Å². The molecule has 0 fully saturated rings. The predicted molar refractivity (Wildman–Crippen MR) is 356 cm³/mol. The lowest BCUT2D eigenvalue weighted by molar-refractivity contribution is 0.593. The first-order valence-electron chi connectivity index (χ1n) is 34.0. The maximum absolute atomic E-state index is 6.00. The van der Waals surface area contributed by atoms with Crippen LogP contribution in [-0.4, -0.2) is 28.0 Å². The van der Waals surface area contributed by atoms with E-state index in [2.05, 4.69) is 102 Å². The zero-order valence-electron chi connectivity index (χ0n) is 52.1. The second-order valence-electron chi connectivity index (χ2n) is 25.0. The molecule has 0 amide bonds. The van der Waals surface area contributed by atoms with Crippen molar-refractivity contribution in [3.63, 3.8) is 0 Å². The lowest BCUT2D eigenvalue weighted by atomic mass is 9.96. The molecule has 4 nitrogen and oxygen atoms in total. The number of fused-ring (bicyclic) bond motifs is 8. The Hall–Kier alpha value is -3.00. The number of aromatic nitrogens is 4. The standard InChI is InChI=1S/C72H112N4S2Si/c1-9-15-21-27-33-39-45-61-62(46-40-34-28-22-16-10-2)74-68-58-53-59(65-54-60-71-66(52-56(8)77-71)79(72(60)78-65,49-43-37-31-25-19-13-5)50-44-38-32-26-20-14-6)70-69(57(58)51-55(7)67(68)73-61)75-63(47-41-35-29-23-17-11-3)64(76-70)48-42-36-30-24-18-12-4/h51-54H,9-50H2,1-8H3. The van der Waals surface area contributed by atoms with E-state index in [0.717, 1.165) is 47.8 Å². The highest BCUT2D eigenvalue weighted by Gasteiger charge is 2.47. The first kappa shape index (κ1) is 63.6. The van der Waals surface area contributed by atoms with Crippen molar-refractivity contribution in [1.29, 1.82) is 0 Å². The summed E-state index contributed by atoms with van der Waals surface area (Å²) >= 11 is 4.29. The SMILES string of the molecule is CCCCCCCCc1nc2c(C)cc3c(cc(-c4cc5c(s4)[Si](CCCCCCCC)(CCCCCCCC)c4cc(C)sc4-5)c4nc(CCCCCCCC)c(CCCCCCCC)nc43)c2nc1CCCCCCCC. The van der Waals surface area contributed by atoms with Gasteiger partial charge in [0.05, 0.1) is 44.8 Å². The van der Waals surface area contributed by atoms with E-state index in [0.29, 0.717) is 0 Å². The van der Waals surface area contributed by atoms with Crippen LogP contribution in [0.3, 0.4) is 0 Å². The second-order valence-corrected chi connectivity index (χ2v) is 31.9. The third kappa shape index (κ3) is 17.5. The molecule has 0 radical (unpaired) electrons. The second kappa shape index (κ2) is 34.6. The van der Waals surface area contributed by atoms with Gasteiger partial charge in [-0.15, -0.1) is 22.7 Å². The third-order valence-electron chi connectivity index (χ3n) is 18.2. The summed E-state index contributed by atoms with van der Waals surface area (Å²) < 4.78 is 1.79. The van der Waals surface area contributed by atoms with Crippen LogP contribution in [0.15, 0.2) is 24.3 Å². The van der Waals surface area contributed by atoms with Crippen LogP contribution in [0.1, 0.15) is 306 Å².